The van der Waals surface area contributed by atoms with Gasteiger partial charge in [0.1, 0.15) is 6.61 Å². The second-order valence-electron chi connectivity index (χ2n) is 7.62. The Kier molecular flexibility index (Phi) is 8.16. The lowest BCUT2D eigenvalue weighted by Crippen LogP contribution is -2.52. The Labute approximate surface area is 193 Å². The smallest absolute Gasteiger partial charge is 0.416 e. The summed E-state index contributed by atoms with van der Waals surface area (Å²) in [5.74, 6) is 0.111. The molecule has 2 aliphatic heterocycles. The van der Waals surface area contributed by atoms with Crippen LogP contribution < -0.4 is 14.4 Å². The molecule has 2 amide bonds. The topological polar surface area (TPSA) is 104 Å². The average molecular weight is 462 g/mol. The van der Waals surface area contributed by atoms with Crippen molar-refractivity contribution in [2.45, 2.75) is 38.0 Å². The fourth-order valence-electron chi connectivity index (χ4n) is 4.16. The molecule has 1 aromatic rings. The van der Waals surface area contributed by atoms with E-state index in [9.17, 15) is 14.4 Å². The van der Waals surface area contributed by atoms with Gasteiger partial charge in [-0.1, -0.05) is 12.7 Å². The molecule has 1 aromatic carbocycles. The Morgan fingerprint density at radius 1 is 1.21 bits per heavy atom. The summed E-state index contributed by atoms with van der Waals surface area (Å²) in [7, 11) is 4.29. The second kappa shape index (κ2) is 11.0. The van der Waals surface area contributed by atoms with Crippen molar-refractivity contribution < 1.29 is 38.1 Å². The second-order valence-corrected chi connectivity index (χ2v) is 7.62. The minimum atomic E-state index is -0.740. The predicted molar refractivity (Wildman–Crippen MR) is 119 cm³/mol. The van der Waals surface area contributed by atoms with Crippen molar-refractivity contribution in [1.29, 1.82) is 0 Å². The number of carbonyl (C=O) groups is 3. The number of nitrogens with zero attached hydrogens (tertiary/aromatic N) is 2. The molecule has 2 heterocycles. The number of esters is 1. The van der Waals surface area contributed by atoms with E-state index in [0.29, 0.717) is 36.6 Å². The molecule has 0 N–H and O–H groups in total. The van der Waals surface area contributed by atoms with Crippen LogP contribution >= 0.6 is 0 Å². The summed E-state index contributed by atoms with van der Waals surface area (Å²) in [4.78, 5) is 41.0. The molecule has 1 saturated heterocycles. The van der Waals surface area contributed by atoms with E-state index in [2.05, 4.69) is 11.3 Å². The third-order valence-corrected chi connectivity index (χ3v) is 5.69. The van der Waals surface area contributed by atoms with Crippen LogP contribution in [-0.2, 0) is 19.0 Å². The fraction of sp³-hybridized carbons (Fsp3) is 0.522. The first-order chi connectivity index (χ1) is 16.0. The van der Waals surface area contributed by atoms with Crippen LogP contribution in [0, 0.1) is 0 Å². The van der Waals surface area contributed by atoms with Crippen molar-refractivity contribution in [3.63, 3.8) is 0 Å². The highest BCUT2D eigenvalue weighted by molar-refractivity contribution is 6.06. The number of hydrogen-bond acceptors (Lipinski definition) is 8. The fourth-order valence-corrected chi connectivity index (χ4v) is 4.16. The van der Waals surface area contributed by atoms with Gasteiger partial charge >= 0.3 is 12.1 Å². The molecule has 0 radical (unpaired) electrons. The van der Waals surface area contributed by atoms with E-state index in [1.807, 2.05) is 0 Å². The van der Waals surface area contributed by atoms with Crippen molar-refractivity contribution in [3.8, 4) is 11.5 Å². The van der Waals surface area contributed by atoms with Gasteiger partial charge in [0, 0.05) is 26.1 Å². The molecule has 33 heavy (non-hydrogen) atoms. The van der Waals surface area contributed by atoms with Crippen molar-refractivity contribution in [3.05, 3.63) is 30.4 Å². The zero-order valence-electron chi connectivity index (χ0n) is 19.2. The van der Waals surface area contributed by atoms with Crippen LogP contribution in [0.25, 0.3) is 0 Å². The van der Waals surface area contributed by atoms with E-state index < -0.39 is 12.3 Å². The molecule has 3 rings (SSSR count). The molecular formula is C23H30N2O8. The number of carbonyl (C=O) groups excluding carboxylic acids is 3. The van der Waals surface area contributed by atoms with E-state index in [4.69, 9.17) is 18.9 Å². The lowest BCUT2D eigenvalue weighted by atomic mass is 10.1. The molecule has 0 unspecified atom stereocenters. The third kappa shape index (κ3) is 5.05. The molecule has 0 spiro atoms. The lowest BCUT2D eigenvalue weighted by molar-refractivity contribution is -0.140. The van der Waals surface area contributed by atoms with Gasteiger partial charge in [0.2, 0.25) is 0 Å². The van der Waals surface area contributed by atoms with Crippen molar-refractivity contribution in [2.24, 2.45) is 0 Å². The summed E-state index contributed by atoms with van der Waals surface area (Å²) in [6.45, 7) is 4.37. The van der Waals surface area contributed by atoms with Crippen molar-refractivity contribution >= 4 is 23.7 Å². The number of hydrogen-bond donors (Lipinski definition) is 0. The molecule has 10 nitrogen and oxygen atoms in total. The third-order valence-electron chi connectivity index (χ3n) is 5.69. The van der Waals surface area contributed by atoms with E-state index in [0.717, 1.165) is 6.42 Å². The quantitative estimate of drug-likeness (QED) is 0.314. The number of ether oxygens (including phenoxy) is 5. The number of rotatable bonds is 9. The molecule has 0 aromatic heterocycles. The zero-order chi connectivity index (χ0) is 24.0. The Hall–Kier alpha value is -3.27. The molecule has 2 aliphatic rings. The maximum absolute atomic E-state index is 13.4. The van der Waals surface area contributed by atoms with Gasteiger partial charge in [-0.3, -0.25) is 9.59 Å². The van der Waals surface area contributed by atoms with E-state index in [1.54, 1.807) is 17.0 Å². The Balaban J connectivity index is 2.02. The van der Waals surface area contributed by atoms with Crippen LogP contribution in [0.3, 0.4) is 0 Å². The average Bonchev–Trinajstić information content (AvgIpc) is 3.28. The van der Waals surface area contributed by atoms with Gasteiger partial charge in [0.25, 0.3) is 5.91 Å². The Morgan fingerprint density at radius 3 is 2.67 bits per heavy atom. The van der Waals surface area contributed by atoms with Crippen LogP contribution in [0.15, 0.2) is 24.8 Å². The lowest BCUT2D eigenvalue weighted by Gasteiger charge is -2.34. The van der Waals surface area contributed by atoms with Gasteiger partial charge in [-0.05, 0) is 25.3 Å². The van der Waals surface area contributed by atoms with Gasteiger partial charge in [0.05, 0.1) is 38.1 Å². The van der Waals surface area contributed by atoms with Crippen molar-refractivity contribution in [1.82, 2.24) is 4.90 Å². The molecule has 0 aliphatic carbocycles. The normalized spacial score (nSPS) is 19.3. The van der Waals surface area contributed by atoms with Crippen molar-refractivity contribution in [2.75, 3.05) is 46.0 Å². The monoisotopic (exact) mass is 462 g/mol. The van der Waals surface area contributed by atoms with Gasteiger partial charge in [-0.15, -0.1) is 0 Å². The van der Waals surface area contributed by atoms with Crippen LogP contribution in [0.5, 0.6) is 11.5 Å². The summed E-state index contributed by atoms with van der Waals surface area (Å²) in [6.07, 6.45) is 2.19. The predicted octanol–water partition coefficient (Wildman–Crippen LogP) is 2.75. The summed E-state index contributed by atoms with van der Waals surface area (Å²) in [5, 5.41) is 0. The van der Waals surface area contributed by atoms with Gasteiger partial charge in [-0.2, -0.15) is 0 Å². The van der Waals surface area contributed by atoms with Crippen LogP contribution in [-0.4, -0.2) is 76.2 Å². The molecule has 10 heteroatoms. The number of benzene rings is 1. The first kappa shape index (κ1) is 24.4. The van der Waals surface area contributed by atoms with Crippen LogP contribution in [0.4, 0.5) is 10.5 Å². The minimum absolute atomic E-state index is 0.0104. The van der Waals surface area contributed by atoms with E-state index >= 15 is 0 Å². The standard InChI is InChI=1S/C23H30N2O8/c1-5-11-33-23(28)25-17-14-19(32-12-7-9-20(26)30-3)18(29-2)13-15(17)21(27)24-10-6-8-16(24)22(25)31-4/h5,13-14,16,22H,1,6-12H2,2-4H3/t16-,22-/m0/s1. The Morgan fingerprint density at radius 2 is 2.00 bits per heavy atom. The zero-order valence-corrected chi connectivity index (χ0v) is 19.2. The number of amides is 2. The number of methoxy groups -OCH3 is 3. The highest BCUT2D eigenvalue weighted by atomic mass is 16.6. The Bertz CT molecular complexity index is 903. The molecule has 0 bridgehead atoms. The molecule has 1 fully saturated rings. The van der Waals surface area contributed by atoms with E-state index in [-0.39, 0.29) is 43.1 Å². The maximum atomic E-state index is 13.4. The summed E-state index contributed by atoms with van der Waals surface area (Å²) in [5.41, 5.74) is 0.592. The molecule has 0 saturated carbocycles. The molecular weight excluding hydrogens is 432 g/mol. The SMILES string of the molecule is C=CCOC(=O)N1c2cc(OCCCC(=O)OC)c(OC)cc2C(=O)N2CCC[C@H]2[C@@H]1OC. The van der Waals surface area contributed by atoms with E-state index in [1.165, 1.54) is 32.3 Å². The van der Waals surface area contributed by atoms with Gasteiger partial charge < -0.3 is 28.6 Å². The minimum Gasteiger partial charge on any atom is -0.493 e. The first-order valence-corrected chi connectivity index (χ1v) is 10.8. The maximum Gasteiger partial charge on any atom is 0.416 e. The largest absolute Gasteiger partial charge is 0.493 e. The van der Waals surface area contributed by atoms with Crippen LogP contribution in [0.2, 0.25) is 0 Å². The highest BCUT2D eigenvalue weighted by Crippen LogP contribution is 2.41. The number of anilines is 1. The summed E-state index contributed by atoms with van der Waals surface area (Å²) in [6, 6.07) is 2.82. The van der Waals surface area contributed by atoms with Gasteiger partial charge in [-0.25, -0.2) is 9.69 Å². The highest BCUT2D eigenvalue weighted by Gasteiger charge is 2.46. The van der Waals surface area contributed by atoms with Gasteiger partial charge in [0.15, 0.2) is 17.7 Å². The summed E-state index contributed by atoms with van der Waals surface area (Å²) < 4.78 is 27.0. The summed E-state index contributed by atoms with van der Waals surface area (Å²) >= 11 is 0. The number of fused-ring (bicyclic) bond motifs is 2. The first-order valence-electron chi connectivity index (χ1n) is 10.8. The van der Waals surface area contributed by atoms with Crippen LogP contribution in [0.1, 0.15) is 36.0 Å². The molecule has 180 valence electrons. The molecule has 2 atom stereocenters.